The average Bonchev–Trinajstić information content (AvgIpc) is 3.28. The van der Waals surface area contributed by atoms with Crippen LogP contribution in [0.25, 0.3) is 0 Å². The number of rotatable bonds is 6. The van der Waals surface area contributed by atoms with E-state index in [2.05, 4.69) is 13.8 Å². The van der Waals surface area contributed by atoms with Crippen LogP contribution in [0.2, 0.25) is 0 Å². The molecular weight excluding hydrogens is 228 g/mol. The van der Waals surface area contributed by atoms with Crippen molar-refractivity contribution < 1.29 is 14.2 Å². The van der Waals surface area contributed by atoms with E-state index in [1.54, 1.807) is 0 Å². The second kappa shape index (κ2) is 7.46. The van der Waals surface area contributed by atoms with Crippen molar-refractivity contribution in [3.63, 3.8) is 0 Å². The fraction of sp³-hybridized carbons (Fsp3) is 1.00. The normalized spacial score (nSPS) is 36.3. The van der Waals surface area contributed by atoms with Crippen molar-refractivity contribution in [2.24, 2.45) is 5.92 Å². The summed E-state index contributed by atoms with van der Waals surface area (Å²) in [5.74, 6) is 0.980. The van der Waals surface area contributed by atoms with E-state index in [1.807, 2.05) is 0 Å². The summed E-state index contributed by atoms with van der Waals surface area (Å²) in [4.78, 5) is 0. The number of fused-ring (bicyclic) bond motifs is 1. The lowest BCUT2D eigenvalue weighted by molar-refractivity contribution is 0.114. The Bertz CT molecular complexity index is 228. The van der Waals surface area contributed by atoms with Crippen LogP contribution in [0.4, 0.5) is 0 Å². The van der Waals surface area contributed by atoms with E-state index in [9.17, 15) is 0 Å². The Morgan fingerprint density at radius 1 is 1.17 bits per heavy atom. The minimum atomic E-state index is 0.432. The molecule has 4 unspecified atom stereocenters. The Morgan fingerprint density at radius 3 is 2.61 bits per heavy atom. The number of hydrogen-bond donors (Lipinski definition) is 0. The van der Waals surface area contributed by atoms with Gasteiger partial charge < -0.3 is 14.2 Å². The standard InChI is InChI=1S/C8H14O.C7H14O2/c1-2-6-3-4-7-8(5-6)9-7;1-2-3-4-8-5-7-6-9-7/h6-8H,2-5H2,1H3;7H,2-6H2,1H3. The third-order valence-corrected chi connectivity index (χ3v) is 4.04. The molecule has 1 aliphatic carbocycles. The Balaban J connectivity index is 0.000000134. The first-order valence-corrected chi connectivity index (χ1v) is 7.68. The molecule has 3 nitrogen and oxygen atoms in total. The zero-order valence-electron chi connectivity index (χ0n) is 11.9. The van der Waals surface area contributed by atoms with Gasteiger partial charge in [0.2, 0.25) is 0 Å². The SMILES string of the molecule is CCC1CCC2OC2C1.CCCCOCC1CO1. The van der Waals surface area contributed by atoms with E-state index in [0.717, 1.165) is 25.7 Å². The fourth-order valence-corrected chi connectivity index (χ4v) is 2.48. The first kappa shape index (κ1) is 14.3. The molecule has 0 amide bonds. The summed E-state index contributed by atoms with van der Waals surface area (Å²) in [5, 5.41) is 0. The highest BCUT2D eigenvalue weighted by molar-refractivity contribution is 4.91. The van der Waals surface area contributed by atoms with E-state index in [4.69, 9.17) is 14.2 Å². The molecule has 3 rings (SSSR count). The molecule has 18 heavy (non-hydrogen) atoms. The van der Waals surface area contributed by atoms with Gasteiger partial charge in [0.1, 0.15) is 6.10 Å². The van der Waals surface area contributed by atoms with Crippen LogP contribution < -0.4 is 0 Å². The van der Waals surface area contributed by atoms with Crippen molar-refractivity contribution in [3.05, 3.63) is 0 Å². The average molecular weight is 256 g/mol. The zero-order valence-corrected chi connectivity index (χ0v) is 11.9. The largest absolute Gasteiger partial charge is 0.379 e. The van der Waals surface area contributed by atoms with Crippen LogP contribution in [-0.4, -0.2) is 38.1 Å². The monoisotopic (exact) mass is 256 g/mol. The van der Waals surface area contributed by atoms with Gasteiger partial charge in [-0.3, -0.25) is 0 Å². The maximum atomic E-state index is 5.41. The lowest BCUT2D eigenvalue weighted by Crippen LogP contribution is -2.11. The lowest BCUT2D eigenvalue weighted by Gasteiger charge is -2.15. The third-order valence-electron chi connectivity index (χ3n) is 4.04. The van der Waals surface area contributed by atoms with Crippen LogP contribution in [0.15, 0.2) is 0 Å². The molecule has 3 fully saturated rings. The zero-order chi connectivity index (χ0) is 12.8. The van der Waals surface area contributed by atoms with Gasteiger partial charge >= 0.3 is 0 Å². The van der Waals surface area contributed by atoms with E-state index in [0.29, 0.717) is 18.3 Å². The van der Waals surface area contributed by atoms with Crippen LogP contribution in [0.3, 0.4) is 0 Å². The van der Waals surface area contributed by atoms with Crippen LogP contribution in [0, 0.1) is 5.92 Å². The van der Waals surface area contributed by atoms with E-state index in [1.165, 1.54) is 38.5 Å². The first-order chi connectivity index (χ1) is 8.83. The van der Waals surface area contributed by atoms with Crippen LogP contribution in [0.1, 0.15) is 52.4 Å². The van der Waals surface area contributed by atoms with Crippen molar-refractivity contribution in [3.8, 4) is 0 Å². The molecule has 106 valence electrons. The van der Waals surface area contributed by atoms with Crippen molar-refractivity contribution in [1.82, 2.24) is 0 Å². The van der Waals surface area contributed by atoms with Crippen molar-refractivity contribution >= 4 is 0 Å². The quantitative estimate of drug-likeness (QED) is 0.541. The molecule has 0 aromatic rings. The molecule has 3 aliphatic rings. The van der Waals surface area contributed by atoms with Gasteiger partial charge in [0.15, 0.2) is 0 Å². The van der Waals surface area contributed by atoms with Crippen molar-refractivity contribution in [2.75, 3.05) is 19.8 Å². The summed E-state index contributed by atoms with van der Waals surface area (Å²) >= 11 is 0. The Morgan fingerprint density at radius 2 is 2.00 bits per heavy atom. The molecule has 0 aromatic heterocycles. The molecule has 4 atom stereocenters. The van der Waals surface area contributed by atoms with Gasteiger partial charge in [-0.1, -0.05) is 26.7 Å². The van der Waals surface area contributed by atoms with Gasteiger partial charge in [0, 0.05) is 6.61 Å². The highest BCUT2D eigenvalue weighted by Crippen LogP contribution is 2.40. The van der Waals surface area contributed by atoms with Gasteiger partial charge in [-0.05, 0) is 31.6 Å². The van der Waals surface area contributed by atoms with Crippen LogP contribution in [-0.2, 0) is 14.2 Å². The maximum absolute atomic E-state index is 5.41. The highest BCUT2D eigenvalue weighted by Gasteiger charge is 2.43. The molecule has 3 heteroatoms. The Kier molecular flexibility index (Phi) is 5.93. The van der Waals surface area contributed by atoms with Gasteiger partial charge in [-0.2, -0.15) is 0 Å². The second-order valence-electron chi connectivity index (χ2n) is 5.68. The van der Waals surface area contributed by atoms with E-state index < -0.39 is 0 Å². The summed E-state index contributed by atoms with van der Waals surface area (Å²) in [5.41, 5.74) is 0. The summed E-state index contributed by atoms with van der Waals surface area (Å²) in [6.07, 6.45) is 9.64. The highest BCUT2D eigenvalue weighted by atomic mass is 16.6. The predicted octanol–water partition coefficient (Wildman–Crippen LogP) is 3.17. The molecule has 0 bridgehead atoms. The fourth-order valence-electron chi connectivity index (χ4n) is 2.48. The van der Waals surface area contributed by atoms with Crippen LogP contribution in [0.5, 0.6) is 0 Å². The maximum Gasteiger partial charge on any atom is 0.104 e. The lowest BCUT2D eigenvalue weighted by atomic mass is 9.88. The van der Waals surface area contributed by atoms with Gasteiger partial charge in [0.25, 0.3) is 0 Å². The molecule has 0 N–H and O–H groups in total. The van der Waals surface area contributed by atoms with E-state index >= 15 is 0 Å². The molecule has 0 aromatic carbocycles. The summed E-state index contributed by atoms with van der Waals surface area (Å²) < 4.78 is 15.6. The van der Waals surface area contributed by atoms with Gasteiger partial charge in [-0.25, -0.2) is 0 Å². The van der Waals surface area contributed by atoms with Crippen molar-refractivity contribution in [2.45, 2.75) is 70.7 Å². The Hall–Kier alpha value is -0.120. The second-order valence-corrected chi connectivity index (χ2v) is 5.68. The number of unbranched alkanes of at least 4 members (excludes halogenated alkanes) is 1. The predicted molar refractivity (Wildman–Crippen MR) is 71.8 cm³/mol. The molecule has 2 heterocycles. The summed E-state index contributed by atoms with van der Waals surface area (Å²) in [6, 6.07) is 0. The summed E-state index contributed by atoms with van der Waals surface area (Å²) in [6.45, 7) is 7.06. The topological polar surface area (TPSA) is 34.3 Å². The number of epoxide rings is 2. The molecule has 2 saturated heterocycles. The molecule has 0 spiro atoms. The van der Waals surface area contributed by atoms with Gasteiger partial charge in [-0.15, -0.1) is 0 Å². The minimum Gasteiger partial charge on any atom is -0.379 e. The molecular formula is C15H28O3. The summed E-state index contributed by atoms with van der Waals surface area (Å²) in [7, 11) is 0. The Labute approximate surface area is 111 Å². The molecule has 0 radical (unpaired) electrons. The van der Waals surface area contributed by atoms with Gasteiger partial charge in [0.05, 0.1) is 25.4 Å². The molecule has 2 aliphatic heterocycles. The first-order valence-electron chi connectivity index (χ1n) is 7.68. The third kappa shape index (κ3) is 5.25. The smallest absolute Gasteiger partial charge is 0.104 e. The van der Waals surface area contributed by atoms with Crippen molar-refractivity contribution in [1.29, 1.82) is 0 Å². The number of ether oxygens (including phenoxy) is 3. The minimum absolute atomic E-state index is 0.432. The van der Waals surface area contributed by atoms with E-state index in [-0.39, 0.29) is 0 Å². The number of hydrogen-bond acceptors (Lipinski definition) is 3. The van der Waals surface area contributed by atoms with Crippen LogP contribution >= 0.6 is 0 Å². The molecule has 1 saturated carbocycles.